The van der Waals surface area contributed by atoms with Crippen LogP contribution in [0.1, 0.15) is 24.3 Å². The summed E-state index contributed by atoms with van der Waals surface area (Å²) in [6, 6.07) is 10.4. The maximum absolute atomic E-state index is 12.5. The van der Waals surface area contributed by atoms with Gasteiger partial charge in [0.15, 0.2) is 0 Å². The number of thiophene rings is 1. The van der Waals surface area contributed by atoms with E-state index in [1.165, 1.54) is 0 Å². The quantitative estimate of drug-likeness (QED) is 0.587. The number of aliphatic hydroxyl groups is 1. The highest BCUT2D eigenvalue weighted by Gasteiger charge is 2.16. The highest BCUT2D eigenvalue weighted by atomic mass is 32.2. The van der Waals surface area contributed by atoms with Gasteiger partial charge in [-0.15, -0.1) is 0 Å². The average Bonchev–Trinajstić information content (AvgIpc) is 3.35. The summed E-state index contributed by atoms with van der Waals surface area (Å²) in [5.41, 5.74) is 1.95. The Morgan fingerprint density at radius 3 is 2.62 bits per heavy atom. The van der Waals surface area contributed by atoms with E-state index in [9.17, 15) is 13.5 Å². The van der Waals surface area contributed by atoms with Crippen molar-refractivity contribution in [3.8, 4) is 5.69 Å². The van der Waals surface area contributed by atoms with Crippen molar-refractivity contribution in [3.05, 3.63) is 65.1 Å². The van der Waals surface area contributed by atoms with Crippen molar-refractivity contribution < 1.29 is 13.5 Å². The summed E-state index contributed by atoms with van der Waals surface area (Å²) in [5, 5.41) is 17.4. The second kappa shape index (κ2) is 8.59. The fourth-order valence-electron chi connectivity index (χ4n) is 2.79. The number of benzene rings is 1. The van der Waals surface area contributed by atoms with Gasteiger partial charge in [-0.05, 0) is 71.5 Å². The van der Waals surface area contributed by atoms with Gasteiger partial charge in [0.25, 0.3) is 0 Å². The monoisotopic (exact) mass is 391 g/mol. The van der Waals surface area contributed by atoms with E-state index in [1.54, 1.807) is 52.7 Å². The minimum atomic E-state index is -3.56. The van der Waals surface area contributed by atoms with Gasteiger partial charge in [0.1, 0.15) is 0 Å². The van der Waals surface area contributed by atoms with Gasteiger partial charge in [0.2, 0.25) is 10.0 Å². The molecule has 138 valence electrons. The topological polar surface area (TPSA) is 84.2 Å². The number of hydrogen-bond acceptors (Lipinski definition) is 5. The molecule has 0 amide bonds. The molecule has 3 rings (SSSR count). The van der Waals surface area contributed by atoms with Crippen LogP contribution in [0, 0.1) is 0 Å². The van der Waals surface area contributed by atoms with E-state index < -0.39 is 10.0 Å². The molecule has 0 bridgehead atoms. The van der Waals surface area contributed by atoms with Crippen LogP contribution >= 0.6 is 11.3 Å². The lowest BCUT2D eigenvalue weighted by molar-refractivity contribution is 0.273. The molecule has 6 nitrogen and oxygen atoms in total. The molecular formula is C18H21N3O3S2. The normalized spacial score (nSPS) is 13.0. The van der Waals surface area contributed by atoms with Crippen molar-refractivity contribution in [1.29, 1.82) is 0 Å². The van der Waals surface area contributed by atoms with Crippen LogP contribution in [-0.4, -0.2) is 36.5 Å². The Morgan fingerprint density at radius 2 is 2.00 bits per heavy atom. The third kappa shape index (κ3) is 4.59. The Kier molecular flexibility index (Phi) is 6.20. The van der Waals surface area contributed by atoms with Gasteiger partial charge < -0.3 is 5.11 Å². The zero-order chi connectivity index (χ0) is 18.4. The first-order chi connectivity index (χ1) is 12.6. The fourth-order valence-corrected chi connectivity index (χ4v) is 4.58. The van der Waals surface area contributed by atoms with Crippen LogP contribution < -0.4 is 4.72 Å². The van der Waals surface area contributed by atoms with Gasteiger partial charge in [0.05, 0.1) is 10.6 Å². The smallest absolute Gasteiger partial charge is 0.240 e. The van der Waals surface area contributed by atoms with Crippen LogP contribution in [0.5, 0.6) is 0 Å². The molecule has 2 aromatic heterocycles. The third-order valence-electron chi connectivity index (χ3n) is 4.19. The zero-order valence-corrected chi connectivity index (χ0v) is 15.8. The summed E-state index contributed by atoms with van der Waals surface area (Å²) in [4.78, 5) is 0.225. The van der Waals surface area contributed by atoms with E-state index in [4.69, 9.17) is 0 Å². The molecule has 2 N–H and O–H groups in total. The van der Waals surface area contributed by atoms with Gasteiger partial charge in [-0.2, -0.15) is 16.4 Å². The lowest BCUT2D eigenvalue weighted by atomic mass is 9.95. The molecule has 0 aliphatic carbocycles. The summed E-state index contributed by atoms with van der Waals surface area (Å²) in [6.45, 7) is 0.409. The van der Waals surface area contributed by atoms with E-state index in [1.807, 2.05) is 22.9 Å². The number of hydrogen-bond donors (Lipinski definition) is 2. The van der Waals surface area contributed by atoms with Crippen LogP contribution in [0.15, 0.2) is 64.4 Å². The molecular weight excluding hydrogens is 370 g/mol. The van der Waals surface area contributed by atoms with E-state index >= 15 is 0 Å². The first kappa shape index (κ1) is 18.8. The van der Waals surface area contributed by atoms with Crippen molar-refractivity contribution in [2.45, 2.75) is 23.7 Å². The first-order valence-corrected chi connectivity index (χ1v) is 10.8. The Balaban J connectivity index is 1.61. The number of nitrogens with zero attached hydrogens (tertiary/aromatic N) is 2. The lowest BCUT2D eigenvalue weighted by Crippen LogP contribution is -2.26. The molecule has 0 spiro atoms. The van der Waals surface area contributed by atoms with Gasteiger partial charge in [0, 0.05) is 25.5 Å². The third-order valence-corrected chi connectivity index (χ3v) is 6.37. The predicted octanol–water partition coefficient (Wildman–Crippen LogP) is 2.77. The van der Waals surface area contributed by atoms with E-state index in [0.29, 0.717) is 19.4 Å². The summed E-state index contributed by atoms with van der Waals surface area (Å²) >= 11 is 1.60. The highest BCUT2D eigenvalue weighted by molar-refractivity contribution is 7.89. The van der Waals surface area contributed by atoms with Crippen LogP contribution in [0.3, 0.4) is 0 Å². The van der Waals surface area contributed by atoms with Gasteiger partial charge in [-0.25, -0.2) is 17.8 Å². The van der Waals surface area contributed by atoms with E-state index in [-0.39, 0.29) is 17.4 Å². The average molecular weight is 392 g/mol. The number of nitrogens with one attached hydrogen (secondary N) is 1. The first-order valence-electron chi connectivity index (χ1n) is 8.33. The maximum atomic E-state index is 12.5. The van der Waals surface area contributed by atoms with Gasteiger partial charge >= 0.3 is 0 Å². The number of aliphatic hydroxyl groups excluding tert-OH is 1. The molecule has 1 atom stereocenters. The Hall–Kier alpha value is -2.00. The Labute approximate surface area is 157 Å². The highest BCUT2D eigenvalue weighted by Crippen LogP contribution is 2.25. The maximum Gasteiger partial charge on any atom is 0.240 e. The van der Waals surface area contributed by atoms with E-state index in [2.05, 4.69) is 9.82 Å². The van der Waals surface area contributed by atoms with Crippen LogP contribution in [0.2, 0.25) is 0 Å². The molecule has 0 saturated carbocycles. The van der Waals surface area contributed by atoms with Crippen molar-refractivity contribution in [3.63, 3.8) is 0 Å². The largest absolute Gasteiger partial charge is 0.396 e. The second-order valence-corrected chi connectivity index (χ2v) is 8.44. The van der Waals surface area contributed by atoms with Crippen LogP contribution in [0.4, 0.5) is 0 Å². The Morgan fingerprint density at radius 1 is 1.19 bits per heavy atom. The second-order valence-electron chi connectivity index (χ2n) is 5.90. The molecule has 0 radical (unpaired) electrons. The number of rotatable bonds is 9. The molecule has 8 heteroatoms. The molecule has 0 aliphatic rings. The summed E-state index contributed by atoms with van der Waals surface area (Å²) in [6.07, 6.45) is 4.73. The predicted molar refractivity (Wildman–Crippen MR) is 102 cm³/mol. The molecule has 2 heterocycles. The number of sulfonamides is 1. The molecule has 3 aromatic rings. The molecule has 0 saturated heterocycles. The van der Waals surface area contributed by atoms with E-state index in [0.717, 1.165) is 11.3 Å². The zero-order valence-electron chi connectivity index (χ0n) is 14.2. The van der Waals surface area contributed by atoms with Crippen molar-refractivity contribution in [2.75, 3.05) is 13.2 Å². The minimum Gasteiger partial charge on any atom is -0.396 e. The molecule has 0 aliphatic heterocycles. The van der Waals surface area contributed by atoms with Crippen LogP contribution in [-0.2, 0) is 10.0 Å². The standard InChI is InChI=1S/C18H21N3O3S2/c22-12-7-15(16-8-13-25-14-16)6-10-20-26(23,24)18-4-2-17(3-5-18)21-11-1-9-19-21/h1-5,8-9,11,13-15,20,22H,6-7,10,12H2/t15-/m0/s1. The summed E-state index contributed by atoms with van der Waals surface area (Å²) < 4.78 is 29.3. The molecule has 0 unspecified atom stereocenters. The van der Waals surface area contributed by atoms with Gasteiger partial charge in [-0.3, -0.25) is 0 Å². The minimum absolute atomic E-state index is 0.0855. The molecule has 1 aromatic carbocycles. The molecule has 0 fully saturated rings. The van der Waals surface area contributed by atoms with Gasteiger partial charge in [-0.1, -0.05) is 0 Å². The number of aromatic nitrogens is 2. The Bertz CT molecular complexity index is 890. The van der Waals surface area contributed by atoms with Crippen molar-refractivity contribution in [1.82, 2.24) is 14.5 Å². The van der Waals surface area contributed by atoms with Crippen molar-refractivity contribution >= 4 is 21.4 Å². The fraction of sp³-hybridized carbons (Fsp3) is 0.278. The summed E-state index contributed by atoms with van der Waals surface area (Å²) in [7, 11) is -3.56. The molecule has 26 heavy (non-hydrogen) atoms. The SMILES string of the molecule is O=S(=O)(NCC[C@@H](CCO)c1ccsc1)c1ccc(-n2cccn2)cc1. The van der Waals surface area contributed by atoms with Crippen LogP contribution in [0.25, 0.3) is 5.69 Å². The summed E-state index contributed by atoms with van der Waals surface area (Å²) in [5.74, 6) is 0.149. The van der Waals surface area contributed by atoms with Crippen molar-refractivity contribution in [2.24, 2.45) is 0 Å². The lowest BCUT2D eigenvalue weighted by Gasteiger charge is -2.15.